The number of nitriles is 1. The van der Waals surface area contributed by atoms with E-state index in [-0.39, 0.29) is 12.4 Å². The Balaban J connectivity index is 0. The van der Waals surface area contributed by atoms with Gasteiger partial charge in [-0.15, -0.1) is 12.4 Å². The van der Waals surface area contributed by atoms with Crippen LogP contribution in [0.25, 0.3) is 0 Å². The van der Waals surface area contributed by atoms with Crippen LogP contribution < -0.4 is 5.32 Å². The van der Waals surface area contributed by atoms with Crippen molar-refractivity contribution in [1.29, 1.82) is 5.26 Å². The Morgan fingerprint density at radius 2 is 2.33 bits per heavy atom. The average Bonchev–Trinajstić information content (AvgIpc) is 1.41. The molecule has 1 N–H and O–H groups in total. The third kappa shape index (κ3) is 9.55. The minimum Gasteiger partial charge on any atom is -0.324 e. The van der Waals surface area contributed by atoms with Crippen molar-refractivity contribution < 1.29 is 0 Å². The molecule has 0 amide bonds. The summed E-state index contributed by atoms with van der Waals surface area (Å²) in [4.78, 5) is 0. The number of rotatable bonds is 1. The van der Waals surface area contributed by atoms with Crippen molar-refractivity contribution in [3.8, 4) is 6.19 Å². The molecule has 0 bridgehead atoms. The summed E-state index contributed by atoms with van der Waals surface area (Å²) in [6.07, 6.45) is 1.77. The van der Waals surface area contributed by atoms with Gasteiger partial charge in [-0.1, -0.05) is 0 Å². The van der Waals surface area contributed by atoms with E-state index in [1.54, 1.807) is 6.19 Å². The predicted molar refractivity (Wildman–Crippen MR) is 26.5 cm³/mol. The normalized spacial score (nSPS) is 4.67. The Kier molecular flexibility index (Phi) is 13.4. The van der Waals surface area contributed by atoms with Crippen LogP contribution >= 0.6 is 12.4 Å². The molecule has 0 aliphatic heterocycles. The molecule has 0 rings (SSSR count). The molecule has 0 atom stereocenters. The second kappa shape index (κ2) is 8.82. The van der Waals surface area contributed by atoms with Gasteiger partial charge < -0.3 is 5.32 Å². The van der Waals surface area contributed by atoms with Crippen LogP contribution in [0, 0.1) is 11.5 Å². The second-order valence-corrected chi connectivity index (χ2v) is 0.642. The Morgan fingerprint density at radius 1 is 1.83 bits per heavy atom. The number of nitrogens with one attached hydrogen (secondary N) is 1. The monoisotopic (exact) mass is 106 g/mol. The minimum absolute atomic E-state index is 0. The van der Waals surface area contributed by atoms with E-state index < -0.39 is 0 Å². The molecule has 0 aliphatic rings. The summed E-state index contributed by atoms with van der Waals surface area (Å²) in [6.45, 7) is 2.61. The van der Waals surface area contributed by atoms with Gasteiger partial charge in [0, 0.05) is 6.54 Å². The van der Waals surface area contributed by atoms with E-state index in [1.165, 1.54) is 0 Å². The quantitative estimate of drug-likeness (QED) is 0.390. The topological polar surface area (TPSA) is 35.8 Å². The molecule has 36 valence electrons. The van der Waals surface area contributed by atoms with E-state index in [9.17, 15) is 0 Å². The number of hydrogen-bond acceptors (Lipinski definition) is 2. The molecule has 0 saturated carbocycles. The van der Waals surface area contributed by atoms with Gasteiger partial charge >= 0.3 is 0 Å². The average molecular weight is 107 g/mol. The molecule has 0 heterocycles. The largest absolute Gasteiger partial charge is 0.324 e. The van der Waals surface area contributed by atoms with E-state index in [1.807, 2.05) is 6.92 Å². The lowest BCUT2D eigenvalue weighted by molar-refractivity contribution is 0.934. The number of halogens is 1. The molecule has 0 aliphatic carbocycles. The Labute approximate surface area is 43.6 Å². The maximum Gasteiger partial charge on any atom is 0.176 e. The maximum atomic E-state index is 7.71. The molecular weight excluding hydrogens is 99.5 g/mol. The summed E-state index contributed by atoms with van der Waals surface area (Å²) < 4.78 is 0. The van der Waals surface area contributed by atoms with Gasteiger partial charge in [0.2, 0.25) is 0 Å². The molecule has 0 fully saturated rings. The summed E-state index contributed by atoms with van der Waals surface area (Å²) in [6, 6.07) is 0. The van der Waals surface area contributed by atoms with Crippen LogP contribution in [0.4, 0.5) is 0 Å². The molecule has 0 unspecified atom stereocenters. The highest BCUT2D eigenvalue weighted by Gasteiger charge is 1.58. The molecule has 0 radical (unpaired) electrons. The fourth-order valence-electron chi connectivity index (χ4n) is 0.0791. The van der Waals surface area contributed by atoms with Crippen LogP contribution in [0.2, 0.25) is 0 Å². The Morgan fingerprint density at radius 3 is 2.33 bits per heavy atom. The Hall–Kier alpha value is -0.420. The van der Waals surface area contributed by atoms with Crippen molar-refractivity contribution in [3.05, 3.63) is 0 Å². The first kappa shape index (κ1) is 9.13. The first-order valence-electron chi connectivity index (χ1n) is 1.53. The van der Waals surface area contributed by atoms with Crippen LogP contribution in [-0.2, 0) is 0 Å². The van der Waals surface area contributed by atoms with Crippen LogP contribution in [0.3, 0.4) is 0 Å². The molecule has 0 aromatic rings. The molecule has 0 spiro atoms. The van der Waals surface area contributed by atoms with Crippen LogP contribution in [-0.4, -0.2) is 6.54 Å². The summed E-state index contributed by atoms with van der Waals surface area (Å²) in [7, 11) is 0. The van der Waals surface area contributed by atoms with Gasteiger partial charge in [0.15, 0.2) is 6.19 Å². The summed E-state index contributed by atoms with van der Waals surface area (Å²) in [5.74, 6) is 0. The molecule has 0 aromatic heterocycles. The first-order chi connectivity index (χ1) is 2.41. The van der Waals surface area contributed by atoms with Gasteiger partial charge in [0.25, 0.3) is 0 Å². The predicted octanol–water partition coefficient (Wildman–Crippen LogP) is 0.499. The summed E-state index contributed by atoms with van der Waals surface area (Å²) in [5, 5.41) is 10.1. The standard InChI is InChI=1S/C3H6N2.ClH/c1-2-5-3-4;/h5H,2H2,1H3;1H. The lowest BCUT2D eigenvalue weighted by Gasteiger charge is -1.75. The van der Waals surface area contributed by atoms with E-state index in [0.29, 0.717) is 0 Å². The van der Waals surface area contributed by atoms with E-state index in [2.05, 4.69) is 5.32 Å². The molecule has 0 aromatic carbocycles. The highest BCUT2D eigenvalue weighted by Crippen LogP contribution is 1.40. The van der Waals surface area contributed by atoms with Gasteiger partial charge in [-0.05, 0) is 6.92 Å². The van der Waals surface area contributed by atoms with Crippen molar-refractivity contribution >= 4 is 12.4 Å². The molecule has 0 saturated heterocycles. The van der Waals surface area contributed by atoms with Gasteiger partial charge in [-0.3, -0.25) is 0 Å². The fourth-order valence-corrected chi connectivity index (χ4v) is 0.0791. The highest BCUT2D eigenvalue weighted by atomic mass is 35.5. The van der Waals surface area contributed by atoms with Gasteiger partial charge in [0.1, 0.15) is 0 Å². The lowest BCUT2D eigenvalue weighted by Crippen LogP contribution is -2.00. The third-order valence-corrected chi connectivity index (χ3v) is 0.256. The second-order valence-electron chi connectivity index (χ2n) is 0.642. The molecular formula is C3H7ClN2. The smallest absolute Gasteiger partial charge is 0.176 e. The SMILES string of the molecule is CCNC#N.Cl. The Bertz CT molecular complexity index is 47.2. The van der Waals surface area contributed by atoms with Gasteiger partial charge in [0.05, 0.1) is 0 Å². The van der Waals surface area contributed by atoms with Gasteiger partial charge in [-0.2, -0.15) is 5.26 Å². The van der Waals surface area contributed by atoms with Crippen molar-refractivity contribution in [1.82, 2.24) is 5.32 Å². The maximum absolute atomic E-state index is 7.71. The zero-order valence-electron chi connectivity index (χ0n) is 3.56. The lowest BCUT2D eigenvalue weighted by atomic mass is 10.8. The van der Waals surface area contributed by atoms with Crippen molar-refractivity contribution in [3.63, 3.8) is 0 Å². The van der Waals surface area contributed by atoms with Crippen molar-refractivity contribution in [2.45, 2.75) is 6.92 Å². The number of hydrogen-bond donors (Lipinski definition) is 1. The summed E-state index contributed by atoms with van der Waals surface area (Å²) in [5.41, 5.74) is 0. The molecule has 2 nitrogen and oxygen atoms in total. The first-order valence-corrected chi connectivity index (χ1v) is 1.53. The van der Waals surface area contributed by atoms with Crippen LogP contribution in [0.1, 0.15) is 6.92 Å². The van der Waals surface area contributed by atoms with Gasteiger partial charge in [-0.25, -0.2) is 0 Å². The fraction of sp³-hybridized carbons (Fsp3) is 0.667. The summed E-state index contributed by atoms with van der Waals surface area (Å²) >= 11 is 0. The highest BCUT2D eigenvalue weighted by molar-refractivity contribution is 5.85. The van der Waals surface area contributed by atoms with Crippen molar-refractivity contribution in [2.75, 3.05) is 6.54 Å². The number of nitrogens with zero attached hydrogens (tertiary/aromatic N) is 1. The third-order valence-electron chi connectivity index (χ3n) is 0.256. The zero-order valence-corrected chi connectivity index (χ0v) is 4.38. The van der Waals surface area contributed by atoms with E-state index >= 15 is 0 Å². The minimum atomic E-state index is 0. The van der Waals surface area contributed by atoms with Crippen molar-refractivity contribution in [2.24, 2.45) is 0 Å². The van der Waals surface area contributed by atoms with Crippen LogP contribution in [0.5, 0.6) is 0 Å². The zero-order chi connectivity index (χ0) is 4.12. The molecule has 6 heavy (non-hydrogen) atoms. The van der Waals surface area contributed by atoms with E-state index in [4.69, 9.17) is 5.26 Å². The van der Waals surface area contributed by atoms with E-state index in [0.717, 1.165) is 6.54 Å². The molecule has 3 heteroatoms. The van der Waals surface area contributed by atoms with Crippen LogP contribution in [0.15, 0.2) is 0 Å².